The number of carbonyl (C=O) groups is 1. The van der Waals surface area contributed by atoms with Crippen molar-refractivity contribution in [2.24, 2.45) is 0 Å². The van der Waals surface area contributed by atoms with Gasteiger partial charge in [-0.1, -0.05) is 29.5 Å². The van der Waals surface area contributed by atoms with Crippen molar-refractivity contribution in [3.8, 4) is 16.3 Å². The van der Waals surface area contributed by atoms with Crippen LogP contribution in [-0.4, -0.2) is 22.7 Å². The smallest absolute Gasteiger partial charge is 0.257 e. The maximum absolute atomic E-state index is 12.1. The number of rotatable bonds is 5. The van der Waals surface area contributed by atoms with Gasteiger partial charge in [0.1, 0.15) is 10.8 Å². The lowest BCUT2D eigenvalue weighted by molar-refractivity contribution is 0.102. The quantitative estimate of drug-likeness (QED) is 0.774. The molecule has 1 heterocycles. The van der Waals surface area contributed by atoms with Crippen LogP contribution >= 0.6 is 11.3 Å². The molecule has 3 rings (SSSR count). The molecule has 5 nitrogen and oxygen atoms in total. The van der Waals surface area contributed by atoms with Crippen LogP contribution in [0.1, 0.15) is 17.3 Å². The summed E-state index contributed by atoms with van der Waals surface area (Å²) in [5.41, 5.74) is 1.52. The molecule has 0 radical (unpaired) electrons. The number of nitrogens with one attached hydrogen (secondary N) is 1. The van der Waals surface area contributed by atoms with Crippen LogP contribution in [0.5, 0.6) is 5.75 Å². The van der Waals surface area contributed by atoms with E-state index in [1.165, 1.54) is 11.3 Å². The number of carbonyl (C=O) groups excluding carboxylic acids is 1. The highest BCUT2D eigenvalue weighted by molar-refractivity contribution is 7.18. The van der Waals surface area contributed by atoms with Crippen LogP contribution in [0.3, 0.4) is 0 Å². The molecule has 0 saturated heterocycles. The summed E-state index contributed by atoms with van der Waals surface area (Å²) in [5.74, 6) is 0.623. The zero-order valence-electron chi connectivity index (χ0n) is 12.5. The summed E-state index contributed by atoms with van der Waals surface area (Å²) in [6, 6.07) is 16.6. The van der Waals surface area contributed by atoms with Crippen LogP contribution in [0, 0.1) is 0 Å². The number of nitrogens with zero attached hydrogens (tertiary/aromatic N) is 2. The Morgan fingerprint density at radius 2 is 1.83 bits per heavy atom. The second kappa shape index (κ2) is 7.02. The number of ether oxygens (including phenoxy) is 1. The van der Waals surface area contributed by atoms with E-state index in [-0.39, 0.29) is 5.91 Å². The van der Waals surface area contributed by atoms with Crippen molar-refractivity contribution < 1.29 is 9.53 Å². The number of hydrogen-bond acceptors (Lipinski definition) is 5. The summed E-state index contributed by atoms with van der Waals surface area (Å²) >= 11 is 1.33. The Morgan fingerprint density at radius 1 is 1.09 bits per heavy atom. The average molecular weight is 325 g/mol. The fraction of sp³-hybridized carbons (Fsp3) is 0.118. The van der Waals surface area contributed by atoms with E-state index in [4.69, 9.17) is 4.74 Å². The Labute approximate surface area is 138 Å². The lowest BCUT2D eigenvalue weighted by Crippen LogP contribution is -2.11. The van der Waals surface area contributed by atoms with Crippen LogP contribution in [0.4, 0.5) is 5.13 Å². The summed E-state index contributed by atoms with van der Waals surface area (Å²) in [6.07, 6.45) is 0. The van der Waals surface area contributed by atoms with E-state index in [0.717, 1.165) is 16.3 Å². The van der Waals surface area contributed by atoms with E-state index in [1.54, 1.807) is 12.1 Å². The molecule has 0 aliphatic rings. The van der Waals surface area contributed by atoms with Gasteiger partial charge in [0.2, 0.25) is 5.13 Å². The molecule has 0 spiro atoms. The summed E-state index contributed by atoms with van der Waals surface area (Å²) < 4.78 is 5.41. The monoisotopic (exact) mass is 325 g/mol. The van der Waals surface area contributed by atoms with Crippen LogP contribution < -0.4 is 10.1 Å². The molecule has 0 aliphatic heterocycles. The highest BCUT2D eigenvalue weighted by Crippen LogP contribution is 2.28. The van der Waals surface area contributed by atoms with Crippen LogP contribution in [-0.2, 0) is 0 Å². The van der Waals surface area contributed by atoms with Crippen LogP contribution in [0.25, 0.3) is 10.6 Å². The number of aromatic nitrogens is 2. The largest absolute Gasteiger partial charge is 0.494 e. The minimum Gasteiger partial charge on any atom is -0.494 e. The highest BCUT2D eigenvalue weighted by Gasteiger charge is 2.11. The number of benzene rings is 2. The molecule has 23 heavy (non-hydrogen) atoms. The Bertz CT molecular complexity index is 785. The molecule has 0 aliphatic carbocycles. The zero-order valence-corrected chi connectivity index (χ0v) is 13.3. The van der Waals surface area contributed by atoms with E-state index in [9.17, 15) is 4.79 Å². The molecule has 0 bridgehead atoms. The van der Waals surface area contributed by atoms with E-state index in [2.05, 4.69) is 15.5 Å². The highest BCUT2D eigenvalue weighted by atomic mass is 32.1. The zero-order chi connectivity index (χ0) is 16.1. The normalized spacial score (nSPS) is 10.3. The summed E-state index contributed by atoms with van der Waals surface area (Å²) in [7, 11) is 0. The first-order chi connectivity index (χ1) is 11.3. The molecular weight excluding hydrogens is 310 g/mol. The third-order valence-corrected chi connectivity index (χ3v) is 3.98. The first-order valence-electron chi connectivity index (χ1n) is 7.19. The third-order valence-electron chi connectivity index (χ3n) is 3.09. The molecule has 2 aromatic carbocycles. The molecule has 0 fully saturated rings. The molecule has 0 saturated carbocycles. The van der Waals surface area contributed by atoms with Crippen molar-refractivity contribution in [1.82, 2.24) is 10.2 Å². The van der Waals surface area contributed by atoms with Gasteiger partial charge >= 0.3 is 0 Å². The predicted octanol–water partition coefficient (Wildman–Crippen LogP) is 3.86. The third kappa shape index (κ3) is 3.73. The van der Waals surface area contributed by atoms with Gasteiger partial charge in [-0.3, -0.25) is 10.1 Å². The molecule has 1 aromatic heterocycles. The van der Waals surface area contributed by atoms with Crippen molar-refractivity contribution in [3.05, 3.63) is 60.2 Å². The van der Waals surface area contributed by atoms with Gasteiger partial charge in [-0.05, 0) is 43.3 Å². The molecule has 3 aromatic rings. The first-order valence-corrected chi connectivity index (χ1v) is 8.01. The Hall–Kier alpha value is -2.73. The van der Waals surface area contributed by atoms with E-state index < -0.39 is 0 Å². The molecular formula is C17H15N3O2S. The Balaban J connectivity index is 1.71. The molecule has 0 atom stereocenters. The predicted molar refractivity (Wildman–Crippen MR) is 90.9 cm³/mol. The van der Waals surface area contributed by atoms with Crippen LogP contribution in [0.15, 0.2) is 54.6 Å². The minimum absolute atomic E-state index is 0.194. The lowest BCUT2D eigenvalue weighted by atomic mass is 10.2. The summed E-state index contributed by atoms with van der Waals surface area (Å²) in [5, 5.41) is 12.1. The fourth-order valence-corrected chi connectivity index (χ4v) is 2.75. The molecule has 1 N–H and O–H groups in total. The van der Waals surface area contributed by atoms with Crippen molar-refractivity contribution >= 4 is 22.4 Å². The second-order valence-electron chi connectivity index (χ2n) is 4.69. The Kier molecular flexibility index (Phi) is 4.63. The second-order valence-corrected chi connectivity index (χ2v) is 5.67. The molecule has 6 heteroatoms. The maximum atomic E-state index is 12.1. The lowest BCUT2D eigenvalue weighted by Gasteiger charge is -2.02. The van der Waals surface area contributed by atoms with Gasteiger partial charge in [0.25, 0.3) is 5.91 Å². The summed E-state index contributed by atoms with van der Waals surface area (Å²) in [4.78, 5) is 12.1. The first kappa shape index (κ1) is 15.2. The average Bonchev–Trinajstić information content (AvgIpc) is 3.05. The number of hydrogen-bond donors (Lipinski definition) is 1. The van der Waals surface area contributed by atoms with Gasteiger partial charge in [-0.25, -0.2) is 0 Å². The number of amides is 1. The van der Waals surface area contributed by atoms with Gasteiger partial charge in [0.05, 0.1) is 6.61 Å². The molecule has 116 valence electrons. The maximum Gasteiger partial charge on any atom is 0.257 e. The van der Waals surface area contributed by atoms with E-state index >= 15 is 0 Å². The van der Waals surface area contributed by atoms with Gasteiger partial charge in [0, 0.05) is 11.1 Å². The summed E-state index contributed by atoms with van der Waals surface area (Å²) in [6.45, 7) is 2.58. The van der Waals surface area contributed by atoms with E-state index in [1.807, 2.05) is 49.4 Å². The van der Waals surface area contributed by atoms with Crippen molar-refractivity contribution in [1.29, 1.82) is 0 Å². The van der Waals surface area contributed by atoms with Crippen molar-refractivity contribution in [2.75, 3.05) is 11.9 Å². The standard InChI is InChI=1S/C17H15N3O2S/c1-2-22-14-10-8-13(9-11-14)16-19-20-17(23-16)18-15(21)12-6-4-3-5-7-12/h3-11H,2H2,1H3,(H,18,20,21). The molecule has 0 unspecified atom stereocenters. The van der Waals surface area contributed by atoms with Gasteiger partial charge in [-0.2, -0.15) is 0 Å². The minimum atomic E-state index is -0.194. The SMILES string of the molecule is CCOc1ccc(-c2nnc(NC(=O)c3ccccc3)s2)cc1. The van der Waals surface area contributed by atoms with Crippen molar-refractivity contribution in [2.45, 2.75) is 6.92 Å². The van der Waals surface area contributed by atoms with Crippen LogP contribution in [0.2, 0.25) is 0 Å². The fourth-order valence-electron chi connectivity index (χ4n) is 2.01. The van der Waals surface area contributed by atoms with E-state index in [0.29, 0.717) is 17.3 Å². The number of anilines is 1. The van der Waals surface area contributed by atoms with Gasteiger partial charge in [0.15, 0.2) is 0 Å². The van der Waals surface area contributed by atoms with Crippen molar-refractivity contribution in [3.63, 3.8) is 0 Å². The van der Waals surface area contributed by atoms with Gasteiger partial charge < -0.3 is 4.74 Å². The van der Waals surface area contributed by atoms with Gasteiger partial charge in [-0.15, -0.1) is 10.2 Å². The Morgan fingerprint density at radius 3 is 2.52 bits per heavy atom. The topological polar surface area (TPSA) is 64.1 Å². The molecule has 1 amide bonds.